The highest BCUT2D eigenvalue weighted by atomic mass is 16.5. The van der Waals surface area contributed by atoms with Crippen LogP contribution in [-0.2, 0) is 6.42 Å². The average Bonchev–Trinajstić information content (AvgIpc) is 2.91. The molecule has 176 valence electrons. The van der Waals surface area contributed by atoms with Crippen molar-refractivity contribution in [2.45, 2.75) is 25.8 Å². The largest absolute Gasteiger partial charge is 0.493 e. The van der Waals surface area contributed by atoms with Gasteiger partial charge in [-0.15, -0.1) is 0 Å². The summed E-state index contributed by atoms with van der Waals surface area (Å²) in [5.74, 6) is 1.19. The Kier molecular flexibility index (Phi) is 6.21. The summed E-state index contributed by atoms with van der Waals surface area (Å²) < 4.78 is 11.1. The zero-order valence-corrected chi connectivity index (χ0v) is 20.0. The van der Waals surface area contributed by atoms with Gasteiger partial charge in [-0.05, 0) is 57.1 Å². The molecular formula is C25H32N4O4. The second kappa shape index (κ2) is 8.94. The third-order valence-corrected chi connectivity index (χ3v) is 6.45. The SMILES string of the molecule is COc1cc2c(cc1OC)C(c1ccc(N3CCN(C)CC3)cc1)=NN(C(=O)O)C(C)(C)C2. The molecule has 1 N–H and O–H groups in total. The molecule has 2 aromatic rings. The van der Waals surface area contributed by atoms with Crippen molar-refractivity contribution in [2.75, 3.05) is 52.3 Å². The molecule has 1 saturated heterocycles. The normalized spacial score (nSPS) is 18.3. The van der Waals surface area contributed by atoms with Crippen LogP contribution in [0.4, 0.5) is 10.5 Å². The van der Waals surface area contributed by atoms with Crippen LogP contribution in [0, 0.1) is 0 Å². The van der Waals surface area contributed by atoms with Crippen molar-refractivity contribution in [3.8, 4) is 11.5 Å². The zero-order valence-electron chi connectivity index (χ0n) is 20.0. The third-order valence-electron chi connectivity index (χ3n) is 6.45. The van der Waals surface area contributed by atoms with Crippen LogP contribution in [0.15, 0.2) is 41.5 Å². The molecule has 2 aromatic carbocycles. The molecule has 2 heterocycles. The van der Waals surface area contributed by atoms with Crippen molar-refractivity contribution < 1.29 is 19.4 Å². The van der Waals surface area contributed by atoms with E-state index in [1.54, 1.807) is 14.2 Å². The van der Waals surface area contributed by atoms with E-state index in [0.717, 1.165) is 53.6 Å². The molecule has 0 unspecified atom stereocenters. The van der Waals surface area contributed by atoms with E-state index in [9.17, 15) is 9.90 Å². The van der Waals surface area contributed by atoms with Gasteiger partial charge in [-0.2, -0.15) is 10.1 Å². The fourth-order valence-electron chi connectivity index (χ4n) is 4.53. The Morgan fingerprint density at radius 2 is 1.61 bits per heavy atom. The van der Waals surface area contributed by atoms with Crippen LogP contribution in [0.25, 0.3) is 0 Å². The maximum absolute atomic E-state index is 12.1. The monoisotopic (exact) mass is 452 g/mol. The number of carboxylic acid groups (broad SMARTS) is 1. The van der Waals surface area contributed by atoms with Gasteiger partial charge in [-0.25, -0.2) is 4.79 Å². The fraction of sp³-hybridized carbons (Fsp3) is 0.440. The number of hydrogen-bond acceptors (Lipinski definition) is 6. The molecular weight excluding hydrogens is 420 g/mol. The standard InChI is InChI=1S/C25H32N4O4/c1-25(2)16-18-14-21(32-4)22(33-5)15-20(18)23(26-29(25)24(30)31)17-6-8-19(9-7-17)28-12-10-27(3)11-13-28/h6-9,14-15H,10-13,16H2,1-5H3,(H,30,31). The highest BCUT2D eigenvalue weighted by molar-refractivity contribution is 6.14. The number of fused-ring (bicyclic) bond motifs is 1. The van der Waals surface area contributed by atoms with Gasteiger partial charge < -0.3 is 24.4 Å². The van der Waals surface area contributed by atoms with Crippen molar-refractivity contribution in [1.29, 1.82) is 0 Å². The molecule has 0 radical (unpaired) electrons. The highest BCUT2D eigenvalue weighted by Gasteiger charge is 2.36. The number of rotatable bonds is 4. The number of piperazine rings is 1. The van der Waals surface area contributed by atoms with E-state index >= 15 is 0 Å². The number of amides is 1. The first-order valence-corrected chi connectivity index (χ1v) is 11.1. The summed E-state index contributed by atoms with van der Waals surface area (Å²) in [4.78, 5) is 16.8. The molecule has 1 fully saturated rings. The number of methoxy groups -OCH3 is 2. The van der Waals surface area contributed by atoms with Crippen LogP contribution in [-0.4, -0.2) is 79.8 Å². The lowest BCUT2D eigenvalue weighted by Gasteiger charge is -2.34. The van der Waals surface area contributed by atoms with Gasteiger partial charge in [0.15, 0.2) is 11.5 Å². The van der Waals surface area contributed by atoms with Crippen LogP contribution < -0.4 is 14.4 Å². The van der Waals surface area contributed by atoms with Gasteiger partial charge in [0.2, 0.25) is 0 Å². The number of likely N-dealkylation sites (N-methyl/N-ethyl adjacent to an activating group) is 1. The Hall–Kier alpha value is -3.26. The molecule has 4 rings (SSSR count). The number of ether oxygens (including phenoxy) is 2. The second-order valence-corrected chi connectivity index (χ2v) is 9.23. The summed E-state index contributed by atoms with van der Waals surface area (Å²) >= 11 is 0. The fourth-order valence-corrected chi connectivity index (χ4v) is 4.53. The van der Waals surface area contributed by atoms with Gasteiger partial charge in [0, 0.05) is 43.0 Å². The summed E-state index contributed by atoms with van der Waals surface area (Å²) in [6.07, 6.45) is -0.597. The summed E-state index contributed by atoms with van der Waals surface area (Å²) in [7, 11) is 5.33. The van der Waals surface area contributed by atoms with Crippen LogP contribution in [0.5, 0.6) is 11.5 Å². The molecule has 8 nitrogen and oxygen atoms in total. The number of hydrazone groups is 1. The minimum absolute atomic E-state index is 0.487. The van der Waals surface area contributed by atoms with Crippen molar-refractivity contribution in [1.82, 2.24) is 9.91 Å². The van der Waals surface area contributed by atoms with Gasteiger partial charge in [0.1, 0.15) is 0 Å². The van der Waals surface area contributed by atoms with E-state index in [4.69, 9.17) is 9.47 Å². The van der Waals surface area contributed by atoms with Crippen molar-refractivity contribution in [2.24, 2.45) is 5.10 Å². The number of hydrogen-bond donors (Lipinski definition) is 1. The summed E-state index contributed by atoms with van der Waals surface area (Å²) in [6, 6.07) is 12.0. The van der Waals surface area contributed by atoms with Gasteiger partial charge in [-0.3, -0.25) is 0 Å². The summed E-state index contributed by atoms with van der Waals surface area (Å²) in [5, 5.41) is 15.8. The lowest BCUT2D eigenvalue weighted by atomic mass is 9.89. The van der Waals surface area contributed by atoms with Crippen molar-refractivity contribution in [3.05, 3.63) is 53.1 Å². The molecule has 0 saturated carbocycles. The molecule has 2 aliphatic rings. The minimum atomic E-state index is -1.08. The Balaban J connectivity index is 1.80. The van der Waals surface area contributed by atoms with Crippen LogP contribution in [0.3, 0.4) is 0 Å². The van der Waals surface area contributed by atoms with Gasteiger partial charge in [0.25, 0.3) is 0 Å². The molecule has 8 heteroatoms. The maximum atomic E-state index is 12.1. The summed E-state index contributed by atoms with van der Waals surface area (Å²) in [5.41, 5.74) is 3.68. The lowest BCUT2D eigenvalue weighted by Crippen LogP contribution is -2.44. The Labute approximate surface area is 195 Å². The molecule has 1 amide bonds. The van der Waals surface area contributed by atoms with E-state index in [1.807, 2.05) is 38.1 Å². The maximum Gasteiger partial charge on any atom is 0.428 e. The van der Waals surface area contributed by atoms with Gasteiger partial charge >= 0.3 is 6.09 Å². The molecule has 0 spiro atoms. The van der Waals surface area contributed by atoms with E-state index in [2.05, 4.69) is 34.1 Å². The Bertz CT molecular complexity index is 1060. The van der Waals surface area contributed by atoms with E-state index in [-0.39, 0.29) is 0 Å². The smallest absolute Gasteiger partial charge is 0.428 e. The Morgan fingerprint density at radius 1 is 1.00 bits per heavy atom. The predicted octanol–water partition coefficient (Wildman–Crippen LogP) is 3.52. The first-order chi connectivity index (χ1) is 15.7. The molecule has 2 aliphatic heterocycles. The molecule has 0 aromatic heterocycles. The second-order valence-electron chi connectivity index (χ2n) is 9.23. The molecule has 0 atom stereocenters. The molecule has 33 heavy (non-hydrogen) atoms. The third kappa shape index (κ3) is 4.48. The van der Waals surface area contributed by atoms with Crippen molar-refractivity contribution >= 4 is 17.5 Å². The molecule has 0 bridgehead atoms. The van der Waals surface area contributed by atoms with Crippen LogP contribution >= 0.6 is 0 Å². The van der Waals surface area contributed by atoms with Gasteiger partial charge in [0.05, 0.1) is 25.5 Å². The topological polar surface area (TPSA) is 77.8 Å². The number of nitrogens with zero attached hydrogens (tertiary/aromatic N) is 4. The average molecular weight is 453 g/mol. The van der Waals surface area contributed by atoms with Crippen molar-refractivity contribution in [3.63, 3.8) is 0 Å². The first kappa shape index (κ1) is 22.9. The first-order valence-electron chi connectivity index (χ1n) is 11.1. The minimum Gasteiger partial charge on any atom is -0.493 e. The number of anilines is 1. The van der Waals surface area contributed by atoms with E-state index < -0.39 is 11.6 Å². The van der Waals surface area contributed by atoms with Crippen LogP contribution in [0.1, 0.15) is 30.5 Å². The lowest BCUT2D eigenvalue weighted by molar-refractivity contribution is 0.0957. The molecule has 0 aliphatic carbocycles. The summed E-state index contributed by atoms with van der Waals surface area (Å²) in [6.45, 7) is 7.79. The van der Waals surface area contributed by atoms with Gasteiger partial charge in [-0.1, -0.05) is 12.1 Å². The van der Waals surface area contributed by atoms with E-state index in [1.165, 1.54) is 0 Å². The Morgan fingerprint density at radius 3 is 2.18 bits per heavy atom. The highest BCUT2D eigenvalue weighted by Crippen LogP contribution is 2.37. The predicted molar refractivity (Wildman–Crippen MR) is 129 cm³/mol. The number of benzene rings is 2. The quantitative estimate of drug-likeness (QED) is 0.765. The number of carbonyl (C=O) groups is 1. The zero-order chi connectivity index (χ0) is 23.8. The van der Waals surface area contributed by atoms with E-state index in [0.29, 0.717) is 23.6 Å². The van der Waals surface area contributed by atoms with Crippen LogP contribution in [0.2, 0.25) is 0 Å².